The van der Waals surface area contributed by atoms with Gasteiger partial charge in [0.05, 0.1) is 5.02 Å². The lowest BCUT2D eigenvalue weighted by molar-refractivity contribution is -0.142. The molecule has 1 fully saturated rings. The van der Waals surface area contributed by atoms with Crippen molar-refractivity contribution >= 4 is 62.5 Å². The molecule has 0 aromatic heterocycles. The Labute approximate surface area is 211 Å². The van der Waals surface area contributed by atoms with Gasteiger partial charge in [0.15, 0.2) is 6.61 Å². The zero-order valence-corrected chi connectivity index (χ0v) is 21.4. The molecule has 0 unspecified atom stereocenters. The van der Waals surface area contributed by atoms with Gasteiger partial charge in [-0.3, -0.25) is 9.59 Å². The van der Waals surface area contributed by atoms with Crippen molar-refractivity contribution in [2.75, 3.05) is 6.61 Å². The highest BCUT2D eigenvalue weighted by Gasteiger charge is 2.29. The molecule has 0 bridgehead atoms. The first kappa shape index (κ1) is 25.2. The van der Waals surface area contributed by atoms with Gasteiger partial charge in [-0.2, -0.15) is 0 Å². The number of benzene rings is 2. The summed E-state index contributed by atoms with van der Waals surface area (Å²) in [5.74, 6) is -0.217. The number of hydrogen-bond donors (Lipinski definition) is 1. The van der Waals surface area contributed by atoms with Crippen LogP contribution in [0.3, 0.4) is 0 Å². The number of halogens is 4. The second-order valence-electron chi connectivity index (χ2n) is 7.75. The molecule has 2 aromatic rings. The zero-order valence-electron chi connectivity index (χ0n) is 17.5. The number of ether oxygens (including phenoxy) is 1. The van der Waals surface area contributed by atoms with E-state index in [4.69, 9.17) is 39.5 Å². The molecule has 1 saturated carbocycles. The molecule has 0 aliphatic heterocycles. The Morgan fingerprint density at radius 3 is 2.41 bits per heavy atom. The van der Waals surface area contributed by atoms with Crippen LogP contribution in [0.1, 0.15) is 38.2 Å². The molecule has 2 aromatic carbocycles. The molecular formula is C23H24BrCl3N2O3. The predicted molar refractivity (Wildman–Crippen MR) is 132 cm³/mol. The fourth-order valence-corrected chi connectivity index (χ4v) is 4.89. The minimum Gasteiger partial charge on any atom is -0.482 e. The minimum atomic E-state index is -0.737. The smallest absolute Gasteiger partial charge is 0.261 e. The Bertz CT molecular complexity index is 963. The lowest BCUT2D eigenvalue weighted by Gasteiger charge is -2.30. The minimum absolute atomic E-state index is 0.0774. The highest BCUT2D eigenvalue weighted by Crippen LogP contribution is 2.29. The molecular weight excluding hydrogens is 539 g/mol. The van der Waals surface area contributed by atoms with Crippen LogP contribution in [0.25, 0.3) is 0 Å². The van der Waals surface area contributed by atoms with Crippen molar-refractivity contribution in [1.82, 2.24) is 10.2 Å². The third-order valence-corrected chi connectivity index (χ3v) is 7.00. The Kier molecular flexibility index (Phi) is 9.12. The van der Waals surface area contributed by atoms with Gasteiger partial charge in [-0.05, 0) is 50.1 Å². The topological polar surface area (TPSA) is 58.6 Å². The Balaban J connectivity index is 1.78. The van der Waals surface area contributed by atoms with Crippen molar-refractivity contribution in [3.63, 3.8) is 0 Å². The lowest BCUT2D eigenvalue weighted by Crippen LogP contribution is -2.50. The molecule has 1 atom stereocenters. The van der Waals surface area contributed by atoms with E-state index >= 15 is 0 Å². The maximum absolute atomic E-state index is 13.2. The largest absolute Gasteiger partial charge is 0.482 e. The number of amides is 2. The summed E-state index contributed by atoms with van der Waals surface area (Å²) in [6.45, 7) is 1.48. The Morgan fingerprint density at radius 2 is 1.78 bits per heavy atom. The zero-order chi connectivity index (χ0) is 23.3. The molecule has 9 heteroatoms. The SMILES string of the molecule is C[C@@H](C(=O)NC1CCCC1)N(Cc1c(Cl)cccc1Cl)C(=O)COc1ccc(Br)cc1Cl. The summed E-state index contributed by atoms with van der Waals surface area (Å²) in [5.41, 5.74) is 0.575. The van der Waals surface area contributed by atoms with E-state index in [2.05, 4.69) is 21.2 Å². The van der Waals surface area contributed by atoms with E-state index in [1.54, 1.807) is 43.3 Å². The van der Waals surface area contributed by atoms with Crippen LogP contribution in [-0.2, 0) is 16.1 Å². The molecule has 1 aliphatic rings. The van der Waals surface area contributed by atoms with Gasteiger partial charge in [0.2, 0.25) is 5.91 Å². The van der Waals surface area contributed by atoms with Crippen molar-refractivity contribution in [1.29, 1.82) is 0 Å². The summed E-state index contributed by atoms with van der Waals surface area (Å²) in [7, 11) is 0. The van der Waals surface area contributed by atoms with Crippen LogP contribution in [0.15, 0.2) is 40.9 Å². The highest BCUT2D eigenvalue weighted by atomic mass is 79.9. The number of carbonyl (C=O) groups excluding carboxylic acids is 2. The van der Waals surface area contributed by atoms with Gasteiger partial charge in [-0.25, -0.2) is 0 Å². The highest BCUT2D eigenvalue weighted by molar-refractivity contribution is 9.10. The summed E-state index contributed by atoms with van der Waals surface area (Å²) in [5, 5.41) is 4.28. The van der Waals surface area contributed by atoms with Gasteiger partial charge in [0, 0.05) is 32.7 Å². The van der Waals surface area contributed by atoms with Crippen molar-refractivity contribution in [2.24, 2.45) is 0 Å². The molecule has 1 N–H and O–H groups in total. The summed E-state index contributed by atoms with van der Waals surface area (Å²) in [6.07, 6.45) is 4.10. The molecule has 3 rings (SSSR count). The molecule has 0 heterocycles. The van der Waals surface area contributed by atoms with E-state index in [0.717, 1.165) is 30.2 Å². The van der Waals surface area contributed by atoms with Crippen LogP contribution in [0.5, 0.6) is 5.75 Å². The first-order valence-electron chi connectivity index (χ1n) is 10.4. The van der Waals surface area contributed by atoms with Crippen LogP contribution in [0.2, 0.25) is 15.1 Å². The van der Waals surface area contributed by atoms with Gasteiger partial charge < -0.3 is 15.0 Å². The molecule has 0 saturated heterocycles. The van der Waals surface area contributed by atoms with E-state index in [1.165, 1.54) is 4.90 Å². The fourth-order valence-electron chi connectivity index (χ4n) is 3.64. The van der Waals surface area contributed by atoms with Gasteiger partial charge in [0.1, 0.15) is 11.8 Å². The third-order valence-electron chi connectivity index (χ3n) is 5.50. The van der Waals surface area contributed by atoms with Gasteiger partial charge in [-0.1, -0.05) is 69.6 Å². The molecule has 2 amide bonds. The molecule has 5 nitrogen and oxygen atoms in total. The first-order valence-corrected chi connectivity index (χ1v) is 12.3. The van der Waals surface area contributed by atoms with Crippen LogP contribution < -0.4 is 10.1 Å². The van der Waals surface area contributed by atoms with Crippen molar-refractivity contribution in [3.05, 3.63) is 61.5 Å². The summed E-state index contributed by atoms with van der Waals surface area (Å²) in [6, 6.07) is 9.66. The molecule has 0 spiro atoms. The maximum Gasteiger partial charge on any atom is 0.261 e. The van der Waals surface area contributed by atoms with E-state index in [0.29, 0.717) is 26.4 Å². The Hall–Kier alpha value is -1.47. The lowest BCUT2D eigenvalue weighted by atomic mass is 10.1. The number of hydrogen-bond acceptors (Lipinski definition) is 3. The molecule has 0 radical (unpaired) electrons. The van der Waals surface area contributed by atoms with Crippen molar-refractivity contribution in [2.45, 2.75) is 51.2 Å². The third kappa shape index (κ3) is 6.53. The molecule has 32 heavy (non-hydrogen) atoms. The average Bonchev–Trinajstić information content (AvgIpc) is 3.25. The average molecular weight is 563 g/mol. The maximum atomic E-state index is 13.2. The Morgan fingerprint density at radius 1 is 1.12 bits per heavy atom. The van der Waals surface area contributed by atoms with Gasteiger partial charge in [-0.15, -0.1) is 0 Å². The number of rotatable bonds is 8. The summed E-state index contributed by atoms with van der Waals surface area (Å²) < 4.78 is 6.45. The van der Waals surface area contributed by atoms with Gasteiger partial charge in [0.25, 0.3) is 5.91 Å². The van der Waals surface area contributed by atoms with Crippen LogP contribution in [-0.4, -0.2) is 35.4 Å². The molecule has 172 valence electrons. The van der Waals surface area contributed by atoms with Crippen molar-refractivity contribution < 1.29 is 14.3 Å². The second kappa shape index (κ2) is 11.6. The summed E-state index contributed by atoms with van der Waals surface area (Å²) >= 11 is 22.2. The van der Waals surface area contributed by atoms with Crippen LogP contribution in [0.4, 0.5) is 0 Å². The fraction of sp³-hybridized carbons (Fsp3) is 0.391. The summed E-state index contributed by atoms with van der Waals surface area (Å²) in [4.78, 5) is 27.6. The number of nitrogens with one attached hydrogen (secondary N) is 1. The van der Waals surface area contributed by atoms with E-state index in [1.807, 2.05) is 0 Å². The first-order chi connectivity index (χ1) is 15.3. The number of carbonyl (C=O) groups is 2. The van der Waals surface area contributed by atoms with Crippen LogP contribution in [0, 0.1) is 0 Å². The van der Waals surface area contributed by atoms with Crippen LogP contribution >= 0.6 is 50.7 Å². The predicted octanol–water partition coefficient (Wildman–Crippen LogP) is 6.26. The second-order valence-corrected chi connectivity index (χ2v) is 9.89. The van der Waals surface area contributed by atoms with Gasteiger partial charge >= 0.3 is 0 Å². The quantitative estimate of drug-likeness (QED) is 0.413. The monoisotopic (exact) mass is 560 g/mol. The number of nitrogens with zero attached hydrogens (tertiary/aromatic N) is 1. The standard InChI is InChI=1S/C23H24BrCl3N2O3/c1-14(23(31)28-16-5-2-3-6-16)29(12-17-18(25)7-4-8-19(17)26)22(30)13-32-21-10-9-15(24)11-20(21)27/h4,7-11,14,16H,2-3,5-6,12-13H2,1H3,(H,28,31)/t14-/m0/s1. The van der Waals surface area contributed by atoms with E-state index in [9.17, 15) is 9.59 Å². The molecule has 1 aliphatic carbocycles. The normalized spacial score (nSPS) is 14.8. The van der Waals surface area contributed by atoms with E-state index < -0.39 is 6.04 Å². The van der Waals surface area contributed by atoms with E-state index in [-0.39, 0.29) is 31.0 Å². The van der Waals surface area contributed by atoms with Crippen molar-refractivity contribution in [3.8, 4) is 5.75 Å².